The van der Waals surface area contributed by atoms with Gasteiger partial charge in [0.25, 0.3) is 5.91 Å². The Morgan fingerprint density at radius 2 is 2.14 bits per heavy atom. The summed E-state index contributed by atoms with van der Waals surface area (Å²) in [5, 5.41) is 2.78. The number of carbonyl (C=O) groups excluding carboxylic acids is 1. The molecule has 0 saturated heterocycles. The molecule has 0 aromatic heterocycles. The third-order valence-corrected chi connectivity index (χ3v) is 3.79. The molecule has 1 atom stereocenters. The number of hydrogen-bond acceptors (Lipinski definition) is 2. The quantitative estimate of drug-likeness (QED) is 0.923. The van der Waals surface area contributed by atoms with Crippen molar-refractivity contribution in [2.45, 2.75) is 19.1 Å². The predicted octanol–water partition coefficient (Wildman–Crippen LogP) is 3.21. The minimum absolute atomic E-state index is 0.188. The minimum atomic E-state index is -0.514. The molecule has 0 aliphatic carbocycles. The van der Waals surface area contributed by atoms with Crippen LogP contribution in [0.1, 0.15) is 11.1 Å². The number of rotatable bonds is 3. The van der Waals surface area contributed by atoms with E-state index in [4.69, 9.17) is 4.74 Å². The van der Waals surface area contributed by atoms with Crippen molar-refractivity contribution in [3.63, 3.8) is 0 Å². The van der Waals surface area contributed by atoms with Gasteiger partial charge in [0.05, 0.1) is 0 Å². The highest BCUT2D eigenvalue weighted by Gasteiger charge is 2.28. The number of fused-ring (bicyclic) bond motifs is 1. The summed E-state index contributed by atoms with van der Waals surface area (Å²) in [4.78, 5) is 12.1. The molecule has 0 bridgehead atoms. The van der Waals surface area contributed by atoms with Crippen molar-refractivity contribution >= 4 is 21.8 Å². The zero-order valence-electron chi connectivity index (χ0n) is 11.1. The molecule has 2 aromatic rings. The van der Waals surface area contributed by atoms with E-state index >= 15 is 0 Å². The van der Waals surface area contributed by atoms with E-state index in [1.807, 2.05) is 24.3 Å². The van der Waals surface area contributed by atoms with E-state index in [0.717, 1.165) is 11.3 Å². The van der Waals surface area contributed by atoms with Crippen molar-refractivity contribution in [3.8, 4) is 5.75 Å². The van der Waals surface area contributed by atoms with Gasteiger partial charge < -0.3 is 10.1 Å². The second-order valence-electron chi connectivity index (χ2n) is 4.91. The standard InChI is InChI=1S/C16H13BrFNO2/c17-12-5-10(6-13(18)8-12)9-19-16(20)15-7-11-3-1-2-4-14(11)21-15/h1-6,8,15H,7,9H2,(H,19,20). The average Bonchev–Trinajstić information content (AvgIpc) is 2.87. The Bertz CT molecular complexity index is 644. The van der Waals surface area contributed by atoms with Gasteiger partial charge >= 0.3 is 0 Å². The van der Waals surface area contributed by atoms with Gasteiger partial charge in [-0.05, 0) is 35.4 Å². The molecule has 0 spiro atoms. The molecule has 2 aromatic carbocycles. The second kappa shape index (κ2) is 5.85. The van der Waals surface area contributed by atoms with Crippen LogP contribution in [-0.2, 0) is 17.8 Å². The maximum absolute atomic E-state index is 13.3. The molecule has 1 amide bonds. The molecular weight excluding hydrogens is 337 g/mol. The molecule has 1 aliphatic heterocycles. The molecule has 0 saturated carbocycles. The molecule has 1 N–H and O–H groups in total. The first-order valence-electron chi connectivity index (χ1n) is 6.59. The fourth-order valence-electron chi connectivity index (χ4n) is 2.34. The summed E-state index contributed by atoms with van der Waals surface area (Å²) in [5.41, 5.74) is 1.73. The number of benzene rings is 2. The number of amides is 1. The monoisotopic (exact) mass is 349 g/mol. The molecule has 108 valence electrons. The highest BCUT2D eigenvalue weighted by Crippen LogP contribution is 2.28. The molecular formula is C16H13BrFNO2. The first kappa shape index (κ1) is 14.1. The SMILES string of the molecule is O=C(NCc1cc(F)cc(Br)c1)C1Cc2ccccc2O1. The Balaban J connectivity index is 1.61. The fraction of sp³-hybridized carbons (Fsp3) is 0.188. The highest BCUT2D eigenvalue weighted by molar-refractivity contribution is 9.10. The Kier molecular flexibility index (Phi) is 3.92. The fourth-order valence-corrected chi connectivity index (χ4v) is 2.86. The van der Waals surface area contributed by atoms with Crippen molar-refractivity contribution in [3.05, 3.63) is 63.9 Å². The highest BCUT2D eigenvalue weighted by atomic mass is 79.9. The van der Waals surface area contributed by atoms with Crippen molar-refractivity contribution in [1.29, 1.82) is 0 Å². The summed E-state index contributed by atoms with van der Waals surface area (Å²) in [6, 6.07) is 12.2. The average molecular weight is 350 g/mol. The van der Waals surface area contributed by atoms with Crippen LogP contribution >= 0.6 is 15.9 Å². The van der Waals surface area contributed by atoms with Crippen LogP contribution in [0, 0.1) is 5.82 Å². The van der Waals surface area contributed by atoms with E-state index in [1.54, 1.807) is 6.07 Å². The summed E-state index contributed by atoms with van der Waals surface area (Å²) in [5.74, 6) is 0.232. The zero-order valence-corrected chi connectivity index (χ0v) is 12.7. The Hall–Kier alpha value is -1.88. The Labute approximate surface area is 130 Å². The van der Waals surface area contributed by atoms with E-state index in [2.05, 4.69) is 21.2 Å². The molecule has 0 fully saturated rings. The van der Waals surface area contributed by atoms with Crippen LogP contribution in [0.4, 0.5) is 4.39 Å². The largest absolute Gasteiger partial charge is 0.480 e. The van der Waals surface area contributed by atoms with Gasteiger partial charge in [-0.2, -0.15) is 0 Å². The van der Waals surface area contributed by atoms with Gasteiger partial charge in [-0.15, -0.1) is 0 Å². The first-order chi connectivity index (χ1) is 10.1. The Morgan fingerprint density at radius 1 is 1.33 bits per heavy atom. The van der Waals surface area contributed by atoms with Crippen LogP contribution in [0.5, 0.6) is 5.75 Å². The van der Waals surface area contributed by atoms with Gasteiger partial charge in [0, 0.05) is 17.4 Å². The third kappa shape index (κ3) is 3.24. The van der Waals surface area contributed by atoms with E-state index in [9.17, 15) is 9.18 Å². The molecule has 3 nitrogen and oxygen atoms in total. The van der Waals surface area contributed by atoms with Crippen molar-refractivity contribution in [2.75, 3.05) is 0 Å². The topological polar surface area (TPSA) is 38.3 Å². The maximum Gasteiger partial charge on any atom is 0.261 e. The molecule has 1 heterocycles. The summed E-state index contributed by atoms with van der Waals surface area (Å²) in [6.45, 7) is 0.269. The van der Waals surface area contributed by atoms with E-state index < -0.39 is 6.10 Å². The first-order valence-corrected chi connectivity index (χ1v) is 7.38. The third-order valence-electron chi connectivity index (χ3n) is 3.33. The van der Waals surface area contributed by atoms with Gasteiger partial charge in [-0.3, -0.25) is 4.79 Å². The van der Waals surface area contributed by atoms with Gasteiger partial charge in [0.2, 0.25) is 0 Å². The summed E-state index contributed by atoms with van der Waals surface area (Å²) in [6.07, 6.45) is 0.0499. The molecule has 1 aliphatic rings. The predicted molar refractivity (Wildman–Crippen MR) is 80.5 cm³/mol. The smallest absolute Gasteiger partial charge is 0.261 e. The number of carbonyl (C=O) groups is 1. The van der Waals surface area contributed by atoms with Crippen molar-refractivity contribution in [1.82, 2.24) is 5.32 Å². The molecule has 21 heavy (non-hydrogen) atoms. The lowest BCUT2D eigenvalue weighted by atomic mass is 10.1. The van der Waals surface area contributed by atoms with Gasteiger partial charge in [-0.1, -0.05) is 34.1 Å². The van der Waals surface area contributed by atoms with Crippen LogP contribution in [0.2, 0.25) is 0 Å². The molecule has 5 heteroatoms. The number of hydrogen-bond donors (Lipinski definition) is 1. The number of nitrogens with one attached hydrogen (secondary N) is 1. The molecule has 0 radical (unpaired) electrons. The summed E-state index contributed by atoms with van der Waals surface area (Å²) in [7, 11) is 0. The number of halogens is 2. The van der Waals surface area contributed by atoms with Crippen LogP contribution < -0.4 is 10.1 Å². The van der Waals surface area contributed by atoms with Crippen molar-refractivity contribution < 1.29 is 13.9 Å². The molecule has 3 rings (SSSR count). The van der Waals surface area contributed by atoms with Gasteiger partial charge in [0.15, 0.2) is 6.10 Å². The summed E-state index contributed by atoms with van der Waals surface area (Å²) >= 11 is 3.23. The van der Waals surface area contributed by atoms with E-state index in [1.165, 1.54) is 12.1 Å². The lowest BCUT2D eigenvalue weighted by Gasteiger charge is -2.11. The number of ether oxygens (including phenoxy) is 1. The Morgan fingerprint density at radius 3 is 2.90 bits per heavy atom. The van der Waals surface area contributed by atoms with E-state index in [-0.39, 0.29) is 18.3 Å². The lowest BCUT2D eigenvalue weighted by Crippen LogP contribution is -2.37. The summed E-state index contributed by atoms with van der Waals surface area (Å²) < 4.78 is 19.5. The van der Waals surface area contributed by atoms with Crippen LogP contribution in [0.3, 0.4) is 0 Å². The van der Waals surface area contributed by atoms with Gasteiger partial charge in [0.1, 0.15) is 11.6 Å². The van der Waals surface area contributed by atoms with Crippen molar-refractivity contribution in [2.24, 2.45) is 0 Å². The number of para-hydroxylation sites is 1. The molecule has 1 unspecified atom stereocenters. The normalized spacial score (nSPS) is 16.2. The van der Waals surface area contributed by atoms with E-state index in [0.29, 0.717) is 16.5 Å². The minimum Gasteiger partial charge on any atom is -0.480 e. The second-order valence-corrected chi connectivity index (χ2v) is 5.83. The van der Waals surface area contributed by atoms with Crippen LogP contribution in [0.15, 0.2) is 46.9 Å². The maximum atomic E-state index is 13.3. The lowest BCUT2D eigenvalue weighted by molar-refractivity contribution is -0.127. The zero-order chi connectivity index (χ0) is 14.8. The van der Waals surface area contributed by atoms with Crippen LogP contribution in [-0.4, -0.2) is 12.0 Å². The van der Waals surface area contributed by atoms with Crippen LogP contribution in [0.25, 0.3) is 0 Å². The van der Waals surface area contributed by atoms with Gasteiger partial charge in [-0.25, -0.2) is 4.39 Å².